The minimum atomic E-state index is -2.06. The van der Waals surface area contributed by atoms with Crippen LogP contribution in [0.25, 0.3) is 11.1 Å². The Morgan fingerprint density at radius 1 is 0.961 bits per heavy atom. The molecule has 0 aromatic heterocycles. The number of alkyl carbamates (subject to hydrolysis) is 1. The number of carbonyl (C=O) groups excluding carboxylic acids is 2. The van der Waals surface area contributed by atoms with E-state index >= 15 is 0 Å². The summed E-state index contributed by atoms with van der Waals surface area (Å²) in [7, 11) is -2.06. The first-order valence-electron chi connectivity index (χ1n) is 18.6. The van der Waals surface area contributed by atoms with Gasteiger partial charge in [-0.25, -0.2) is 4.79 Å². The van der Waals surface area contributed by atoms with Crippen molar-refractivity contribution in [2.45, 2.75) is 102 Å². The number of nitrogens with one attached hydrogen (secondary N) is 1. The molecule has 2 heterocycles. The van der Waals surface area contributed by atoms with Crippen molar-refractivity contribution in [2.75, 3.05) is 19.8 Å². The molecule has 1 amide bonds. The van der Waals surface area contributed by atoms with Crippen LogP contribution < -0.4 is 5.32 Å². The van der Waals surface area contributed by atoms with Crippen molar-refractivity contribution in [1.82, 2.24) is 10.4 Å². The largest absolute Gasteiger partial charge is 0.461 e. The van der Waals surface area contributed by atoms with Gasteiger partial charge < -0.3 is 19.2 Å². The molecule has 3 aromatic carbocycles. The van der Waals surface area contributed by atoms with Crippen LogP contribution in [-0.2, 0) is 30.1 Å². The molecule has 3 aliphatic rings. The molecule has 270 valence electrons. The van der Waals surface area contributed by atoms with E-state index in [4.69, 9.17) is 18.7 Å². The Balaban J connectivity index is 1.04. The van der Waals surface area contributed by atoms with Crippen molar-refractivity contribution in [3.05, 3.63) is 95.1 Å². The fraction of sp³-hybridized carbons (Fsp3) is 0.476. The van der Waals surface area contributed by atoms with E-state index in [2.05, 4.69) is 76.0 Å². The Hall–Kier alpha value is -3.94. The molecule has 2 aliphatic heterocycles. The van der Waals surface area contributed by atoms with Crippen LogP contribution in [0.3, 0.4) is 0 Å². The highest BCUT2D eigenvalue weighted by Gasteiger charge is 2.57. The van der Waals surface area contributed by atoms with E-state index in [1.807, 2.05) is 55.5 Å². The zero-order chi connectivity index (χ0) is 36.1. The van der Waals surface area contributed by atoms with Gasteiger partial charge in [0, 0.05) is 11.5 Å². The van der Waals surface area contributed by atoms with Crippen LogP contribution in [0.5, 0.6) is 0 Å². The second-order valence-corrected chi connectivity index (χ2v) is 19.8. The Bertz CT molecular complexity index is 1710. The lowest BCUT2D eigenvalue weighted by Crippen LogP contribution is -2.47. The van der Waals surface area contributed by atoms with E-state index in [1.165, 1.54) is 22.3 Å². The lowest BCUT2D eigenvalue weighted by atomic mass is 9.93. The first kappa shape index (κ1) is 36.8. The predicted octanol–water partition coefficient (Wildman–Crippen LogP) is 8.20. The van der Waals surface area contributed by atoms with Gasteiger partial charge in [-0.3, -0.25) is 9.63 Å². The molecule has 0 saturated carbocycles. The van der Waals surface area contributed by atoms with Gasteiger partial charge in [-0.1, -0.05) is 120 Å². The standard InChI is InChI=1S/C42H52N2O6Si/c1-7-8-23-51(28(2)3,29(4)5)48-27-38-39-30(6)49-41(45)40(39)44(50-38)25-32-16-13-15-31(24-32)17-14-22-43-42(46)47-26-37-35-20-11-9-18-33(35)34-19-10-12-21-36(34)37/h9-13,15-16,18-21,24,28-30,37-40H,7-8,22-23,25-27H2,1-6H3,(H,43,46)/t30-,38-,39+,40-/m1/s1. The number of hydrogen-bond donors (Lipinski definition) is 1. The number of fused-ring (bicyclic) bond motifs is 4. The molecule has 6 rings (SSSR count). The number of rotatable bonds is 13. The van der Waals surface area contributed by atoms with Gasteiger partial charge in [0.05, 0.1) is 25.6 Å². The minimum absolute atomic E-state index is 0.00484. The maximum absolute atomic E-state index is 13.1. The SMILES string of the molecule is CCCC[Si](OC[C@H]1ON(Cc2cccc(C#CCNC(=O)OCC3c4ccccc4-c4ccccc43)c2)[C@H]2C(=O)O[C@H](C)[C@@H]12)(C(C)C)C(C)C. The molecule has 0 bridgehead atoms. The molecule has 51 heavy (non-hydrogen) atoms. The van der Waals surface area contributed by atoms with Crippen LogP contribution in [0.2, 0.25) is 17.1 Å². The van der Waals surface area contributed by atoms with E-state index in [0.29, 0.717) is 24.2 Å². The Kier molecular flexibility index (Phi) is 11.7. The predicted molar refractivity (Wildman–Crippen MR) is 201 cm³/mol. The summed E-state index contributed by atoms with van der Waals surface area (Å²) in [4.78, 5) is 32.2. The lowest BCUT2D eigenvalue weighted by Gasteiger charge is -2.40. The van der Waals surface area contributed by atoms with Crippen LogP contribution in [0.4, 0.5) is 4.79 Å². The third-order valence-corrected chi connectivity index (χ3v) is 16.8. The molecule has 8 nitrogen and oxygen atoms in total. The highest BCUT2D eigenvalue weighted by molar-refractivity contribution is 6.76. The van der Waals surface area contributed by atoms with Crippen molar-refractivity contribution < 1.29 is 28.3 Å². The molecular weight excluding hydrogens is 657 g/mol. The van der Waals surface area contributed by atoms with Crippen LogP contribution in [0.1, 0.15) is 82.6 Å². The molecule has 3 aromatic rings. The number of carbonyl (C=O) groups is 2. The van der Waals surface area contributed by atoms with Crippen LogP contribution in [0, 0.1) is 17.8 Å². The number of hydroxylamine groups is 2. The summed E-state index contributed by atoms with van der Waals surface area (Å²) in [5.41, 5.74) is 7.46. The monoisotopic (exact) mass is 708 g/mol. The third kappa shape index (κ3) is 7.80. The molecule has 0 radical (unpaired) electrons. The average molecular weight is 709 g/mol. The van der Waals surface area contributed by atoms with E-state index in [9.17, 15) is 9.59 Å². The molecule has 1 aliphatic carbocycles. The number of ether oxygens (including phenoxy) is 2. The van der Waals surface area contributed by atoms with Crippen molar-refractivity contribution in [3.63, 3.8) is 0 Å². The van der Waals surface area contributed by atoms with Crippen LogP contribution in [-0.4, -0.2) is 63.5 Å². The van der Waals surface area contributed by atoms with Gasteiger partial charge in [0.2, 0.25) is 0 Å². The van der Waals surface area contributed by atoms with Gasteiger partial charge in [0.25, 0.3) is 0 Å². The number of benzene rings is 3. The average Bonchev–Trinajstić information content (AvgIpc) is 3.75. The smallest absolute Gasteiger partial charge is 0.407 e. The normalized spacial score (nSPS) is 21.2. The summed E-state index contributed by atoms with van der Waals surface area (Å²) >= 11 is 0. The van der Waals surface area contributed by atoms with Gasteiger partial charge in [-0.05, 0) is 64.0 Å². The number of nitrogens with zero attached hydrogens (tertiary/aromatic N) is 1. The number of unbranched alkanes of at least 4 members (excludes halogenated alkanes) is 1. The number of cyclic esters (lactones) is 1. The molecule has 2 fully saturated rings. The van der Waals surface area contributed by atoms with Gasteiger partial charge in [0.1, 0.15) is 24.9 Å². The van der Waals surface area contributed by atoms with Crippen molar-refractivity contribution >= 4 is 20.4 Å². The van der Waals surface area contributed by atoms with Gasteiger partial charge in [-0.15, -0.1) is 0 Å². The van der Waals surface area contributed by atoms with Crippen molar-refractivity contribution in [2.24, 2.45) is 5.92 Å². The summed E-state index contributed by atoms with van der Waals surface area (Å²) in [6.45, 7) is 14.7. The molecule has 0 unspecified atom stereocenters. The Morgan fingerprint density at radius 2 is 1.65 bits per heavy atom. The molecule has 2 saturated heterocycles. The van der Waals surface area contributed by atoms with E-state index < -0.39 is 20.5 Å². The molecule has 1 N–H and O–H groups in total. The summed E-state index contributed by atoms with van der Waals surface area (Å²) < 4.78 is 18.3. The third-order valence-electron chi connectivity index (χ3n) is 11.0. The van der Waals surface area contributed by atoms with E-state index in [0.717, 1.165) is 30.0 Å². The quantitative estimate of drug-likeness (QED) is 0.109. The maximum atomic E-state index is 13.1. The molecule has 4 atom stereocenters. The van der Waals surface area contributed by atoms with Crippen LogP contribution >= 0.6 is 0 Å². The summed E-state index contributed by atoms with van der Waals surface area (Å²) in [5.74, 6) is 5.85. The second kappa shape index (κ2) is 16.2. The zero-order valence-electron chi connectivity index (χ0n) is 30.8. The van der Waals surface area contributed by atoms with Gasteiger partial charge in [0.15, 0.2) is 8.32 Å². The molecule has 9 heteroatoms. The zero-order valence-corrected chi connectivity index (χ0v) is 31.8. The second-order valence-electron chi connectivity index (χ2n) is 14.7. The van der Waals surface area contributed by atoms with E-state index in [1.54, 1.807) is 5.06 Å². The Labute approximate surface area is 304 Å². The number of amides is 1. The van der Waals surface area contributed by atoms with Gasteiger partial charge in [-0.2, -0.15) is 5.06 Å². The first-order valence-corrected chi connectivity index (χ1v) is 20.8. The summed E-state index contributed by atoms with van der Waals surface area (Å²) in [6.07, 6.45) is 1.31. The maximum Gasteiger partial charge on any atom is 0.407 e. The first-order chi connectivity index (χ1) is 24.6. The fourth-order valence-corrected chi connectivity index (χ4v) is 13.0. The molecular formula is C42H52N2O6Si. The highest BCUT2D eigenvalue weighted by Crippen LogP contribution is 2.45. The Morgan fingerprint density at radius 3 is 2.31 bits per heavy atom. The summed E-state index contributed by atoms with van der Waals surface area (Å²) in [5, 5.41) is 4.55. The topological polar surface area (TPSA) is 86.3 Å². The molecule has 0 spiro atoms. The van der Waals surface area contributed by atoms with Crippen molar-refractivity contribution in [3.8, 4) is 23.0 Å². The van der Waals surface area contributed by atoms with Gasteiger partial charge >= 0.3 is 12.1 Å². The van der Waals surface area contributed by atoms with Crippen molar-refractivity contribution in [1.29, 1.82) is 0 Å². The van der Waals surface area contributed by atoms with E-state index in [-0.39, 0.29) is 43.2 Å². The summed E-state index contributed by atoms with van der Waals surface area (Å²) in [6, 6.07) is 25.1. The minimum Gasteiger partial charge on any atom is -0.461 e. The lowest BCUT2D eigenvalue weighted by molar-refractivity contribution is -0.195. The fourth-order valence-electron chi connectivity index (χ4n) is 8.33. The highest BCUT2D eigenvalue weighted by atomic mass is 28.4. The number of esters is 1. The van der Waals surface area contributed by atoms with Crippen LogP contribution in [0.15, 0.2) is 72.8 Å². The number of hydrogen-bond acceptors (Lipinski definition) is 7.